The molecule has 0 radical (unpaired) electrons. The van der Waals surface area contributed by atoms with Gasteiger partial charge < -0.3 is 19.9 Å². The number of halogens is 3. The van der Waals surface area contributed by atoms with Crippen molar-refractivity contribution in [3.63, 3.8) is 0 Å². The maximum Gasteiger partial charge on any atom is 0.422 e. The van der Waals surface area contributed by atoms with Crippen molar-refractivity contribution in [1.29, 1.82) is 0 Å². The van der Waals surface area contributed by atoms with Gasteiger partial charge in [0.2, 0.25) is 11.8 Å². The minimum absolute atomic E-state index is 0.0845. The van der Waals surface area contributed by atoms with Crippen LogP contribution in [0, 0.1) is 0 Å². The maximum atomic E-state index is 12.7. The van der Waals surface area contributed by atoms with Gasteiger partial charge >= 0.3 is 6.18 Å². The van der Waals surface area contributed by atoms with E-state index in [-0.39, 0.29) is 18.1 Å². The van der Waals surface area contributed by atoms with Gasteiger partial charge in [-0.3, -0.25) is 4.79 Å². The van der Waals surface area contributed by atoms with Crippen molar-refractivity contribution in [3.05, 3.63) is 53.7 Å². The molecule has 162 valence electrons. The number of amides is 1. The molecule has 1 fully saturated rings. The van der Waals surface area contributed by atoms with Gasteiger partial charge in [0, 0.05) is 12.3 Å². The van der Waals surface area contributed by atoms with E-state index in [2.05, 4.69) is 10.3 Å². The van der Waals surface area contributed by atoms with Gasteiger partial charge in [-0.15, -0.1) is 0 Å². The normalized spacial score (nSPS) is 17.0. The highest BCUT2D eigenvalue weighted by Crippen LogP contribution is 2.46. The maximum absolute atomic E-state index is 12.7. The quantitative estimate of drug-likeness (QED) is 0.679. The minimum atomic E-state index is -4.43. The number of nitrogens with zero attached hydrogens (tertiary/aromatic N) is 1. The number of carbonyl (C=O) groups is 1. The van der Waals surface area contributed by atoms with Gasteiger partial charge in [-0.2, -0.15) is 13.2 Å². The van der Waals surface area contributed by atoms with E-state index in [1.807, 2.05) is 0 Å². The van der Waals surface area contributed by atoms with Crippen LogP contribution in [0.25, 0.3) is 0 Å². The van der Waals surface area contributed by atoms with Crippen LogP contribution in [0.2, 0.25) is 0 Å². The highest BCUT2D eigenvalue weighted by molar-refractivity contribution is 5.79. The molecule has 0 aliphatic heterocycles. The fourth-order valence-electron chi connectivity index (χ4n) is 3.24. The number of benzene rings is 1. The second kappa shape index (κ2) is 8.14. The van der Waals surface area contributed by atoms with Crippen LogP contribution >= 0.6 is 0 Å². The Bertz CT molecular complexity index is 911. The summed E-state index contributed by atoms with van der Waals surface area (Å²) < 4.78 is 47.0. The molecule has 0 bridgehead atoms. The molecule has 1 amide bonds. The lowest BCUT2D eigenvalue weighted by Gasteiger charge is -2.26. The topological polar surface area (TPSA) is 80.7 Å². The predicted molar refractivity (Wildman–Crippen MR) is 102 cm³/mol. The second-order valence-corrected chi connectivity index (χ2v) is 7.60. The molecule has 2 N–H and O–H groups in total. The number of hydrogen-bond donors (Lipinski definition) is 2. The van der Waals surface area contributed by atoms with E-state index in [0.29, 0.717) is 29.8 Å². The smallest absolute Gasteiger partial charge is 0.422 e. The van der Waals surface area contributed by atoms with E-state index in [9.17, 15) is 23.1 Å². The molecule has 1 heterocycles. The number of ether oxygens (including phenoxy) is 2. The van der Waals surface area contributed by atoms with Crippen molar-refractivity contribution in [1.82, 2.24) is 10.3 Å². The van der Waals surface area contributed by atoms with E-state index in [1.54, 1.807) is 24.3 Å². The third-order valence-electron chi connectivity index (χ3n) is 4.99. The molecule has 1 aliphatic rings. The number of pyridine rings is 1. The summed E-state index contributed by atoms with van der Waals surface area (Å²) in [5.41, 5.74) is -0.966. The van der Waals surface area contributed by atoms with Gasteiger partial charge in [0.1, 0.15) is 5.75 Å². The molecule has 9 heteroatoms. The molecular weight excluding hydrogens is 401 g/mol. The largest absolute Gasteiger partial charge is 0.484 e. The van der Waals surface area contributed by atoms with Crippen LogP contribution < -0.4 is 14.8 Å². The molecule has 1 unspecified atom stereocenters. The van der Waals surface area contributed by atoms with E-state index in [0.717, 1.165) is 0 Å². The van der Waals surface area contributed by atoms with E-state index in [4.69, 9.17) is 9.47 Å². The van der Waals surface area contributed by atoms with Crippen LogP contribution in [0.5, 0.6) is 11.6 Å². The predicted octanol–water partition coefficient (Wildman–Crippen LogP) is 3.43. The van der Waals surface area contributed by atoms with Crippen LogP contribution in [0.4, 0.5) is 13.2 Å². The molecule has 6 nitrogen and oxygen atoms in total. The molecule has 0 spiro atoms. The van der Waals surface area contributed by atoms with Gasteiger partial charge in [0.15, 0.2) is 6.61 Å². The first-order valence-electron chi connectivity index (χ1n) is 9.37. The Morgan fingerprint density at radius 2 is 2.00 bits per heavy atom. The Morgan fingerprint density at radius 3 is 2.63 bits per heavy atom. The average Bonchev–Trinajstić information content (AvgIpc) is 3.46. The molecule has 2 aromatic rings. The second-order valence-electron chi connectivity index (χ2n) is 7.60. The SMILES string of the molecule is COc1cc(C(C)(O)CC(=O)NC2(c3cccc(OCC(F)(F)F)c3)CC2)ccn1. The summed E-state index contributed by atoms with van der Waals surface area (Å²) >= 11 is 0. The number of alkyl halides is 3. The van der Waals surface area contributed by atoms with Crippen molar-refractivity contribution < 1.29 is 32.5 Å². The Kier molecular flexibility index (Phi) is 5.94. The van der Waals surface area contributed by atoms with Gasteiger partial charge in [-0.1, -0.05) is 12.1 Å². The van der Waals surface area contributed by atoms with E-state index in [1.165, 1.54) is 32.4 Å². The summed E-state index contributed by atoms with van der Waals surface area (Å²) in [7, 11) is 1.46. The lowest BCUT2D eigenvalue weighted by atomic mass is 9.92. The number of aliphatic hydroxyl groups is 1. The average molecular weight is 424 g/mol. The molecule has 1 aliphatic carbocycles. The monoisotopic (exact) mass is 424 g/mol. The molecule has 30 heavy (non-hydrogen) atoms. The van der Waals surface area contributed by atoms with Gasteiger partial charge in [-0.05, 0) is 49.1 Å². The highest BCUT2D eigenvalue weighted by atomic mass is 19.4. The van der Waals surface area contributed by atoms with Crippen LogP contribution in [0.1, 0.15) is 37.3 Å². The summed E-state index contributed by atoms with van der Waals surface area (Å²) in [6.07, 6.45) is -1.86. The first kappa shape index (κ1) is 21.9. The molecule has 0 saturated heterocycles. The zero-order valence-electron chi connectivity index (χ0n) is 16.6. The third-order valence-corrected chi connectivity index (χ3v) is 4.99. The van der Waals surface area contributed by atoms with Gasteiger partial charge in [0.05, 0.1) is 24.7 Å². The standard InChI is InChI=1S/C21H23F3N2O4/c1-19(28,14-6-9-25-18(11-14)29-2)12-17(27)26-20(7-8-20)15-4-3-5-16(10-15)30-13-21(22,23)24/h3-6,9-11,28H,7-8,12-13H2,1-2H3,(H,26,27). The Morgan fingerprint density at radius 1 is 1.27 bits per heavy atom. The number of carbonyl (C=O) groups excluding carboxylic acids is 1. The van der Waals surface area contributed by atoms with Crippen LogP contribution in [0.15, 0.2) is 42.6 Å². The molecule has 1 aromatic carbocycles. The summed E-state index contributed by atoms with van der Waals surface area (Å²) in [4.78, 5) is 16.6. The van der Waals surface area contributed by atoms with Crippen LogP contribution in [-0.4, -0.2) is 35.9 Å². The summed E-state index contributed by atoms with van der Waals surface area (Å²) in [6.45, 7) is 0.139. The Labute approximate surface area is 172 Å². The number of rotatable bonds is 8. The first-order chi connectivity index (χ1) is 14.0. The van der Waals surface area contributed by atoms with Gasteiger partial charge in [0.25, 0.3) is 0 Å². The van der Waals surface area contributed by atoms with E-state index >= 15 is 0 Å². The Balaban J connectivity index is 1.67. The summed E-state index contributed by atoms with van der Waals surface area (Å²) in [5.74, 6) is 0.0265. The zero-order chi connectivity index (χ0) is 22.0. The molecule has 3 rings (SSSR count). The third kappa shape index (κ3) is 5.41. The van der Waals surface area contributed by atoms with Crippen molar-refractivity contribution in [3.8, 4) is 11.6 Å². The molecule has 1 aromatic heterocycles. The van der Waals surface area contributed by atoms with Crippen molar-refractivity contribution >= 4 is 5.91 Å². The van der Waals surface area contributed by atoms with Crippen molar-refractivity contribution in [2.45, 2.75) is 43.5 Å². The van der Waals surface area contributed by atoms with Crippen molar-refractivity contribution in [2.24, 2.45) is 0 Å². The molecule has 1 saturated carbocycles. The number of methoxy groups -OCH3 is 1. The van der Waals surface area contributed by atoms with E-state index < -0.39 is 23.9 Å². The highest BCUT2D eigenvalue weighted by Gasteiger charge is 2.46. The lowest BCUT2D eigenvalue weighted by molar-refractivity contribution is -0.153. The Hall–Kier alpha value is -2.81. The molecular formula is C21H23F3N2O4. The first-order valence-corrected chi connectivity index (χ1v) is 9.37. The van der Waals surface area contributed by atoms with Gasteiger partial charge in [-0.25, -0.2) is 4.98 Å². The van der Waals surface area contributed by atoms with Crippen molar-refractivity contribution in [2.75, 3.05) is 13.7 Å². The van der Waals surface area contributed by atoms with Crippen LogP contribution in [0.3, 0.4) is 0 Å². The van der Waals surface area contributed by atoms with Crippen LogP contribution in [-0.2, 0) is 15.9 Å². The number of aromatic nitrogens is 1. The zero-order valence-corrected chi connectivity index (χ0v) is 16.6. The minimum Gasteiger partial charge on any atom is -0.484 e. The molecule has 1 atom stereocenters. The number of hydrogen-bond acceptors (Lipinski definition) is 5. The fraction of sp³-hybridized carbons (Fsp3) is 0.429. The summed E-state index contributed by atoms with van der Waals surface area (Å²) in [6, 6.07) is 9.43. The number of nitrogens with one attached hydrogen (secondary N) is 1. The fourth-order valence-corrected chi connectivity index (χ4v) is 3.24. The summed E-state index contributed by atoms with van der Waals surface area (Å²) in [5, 5.41) is 13.7. The lowest BCUT2D eigenvalue weighted by Crippen LogP contribution is -2.39.